The number of amides is 1. The number of aryl methyl sites for hydroxylation is 1. The number of hydrogen-bond acceptors (Lipinski definition) is 3. The number of rotatable bonds is 4. The molecular formula is C8H11F2N3O2. The molecule has 0 spiro atoms. The summed E-state index contributed by atoms with van der Waals surface area (Å²) >= 11 is 0. The summed E-state index contributed by atoms with van der Waals surface area (Å²) in [5.74, 6) is -0.588. The molecule has 0 fully saturated rings. The SMILES string of the molecule is Cn1ccc(C(=O)NCC(O)C(F)F)n1. The average molecular weight is 219 g/mol. The van der Waals surface area contributed by atoms with Crippen LogP contribution in [0.1, 0.15) is 10.5 Å². The zero-order chi connectivity index (χ0) is 11.4. The minimum absolute atomic E-state index is 0.124. The highest BCUT2D eigenvalue weighted by Crippen LogP contribution is 1.99. The quantitative estimate of drug-likeness (QED) is 0.735. The Morgan fingerprint density at radius 2 is 2.40 bits per heavy atom. The van der Waals surface area contributed by atoms with Crippen LogP contribution in [0.4, 0.5) is 8.78 Å². The van der Waals surface area contributed by atoms with E-state index in [1.54, 1.807) is 13.2 Å². The van der Waals surface area contributed by atoms with Gasteiger partial charge in [0.25, 0.3) is 12.3 Å². The van der Waals surface area contributed by atoms with Gasteiger partial charge in [-0.05, 0) is 6.07 Å². The molecule has 0 aromatic carbocycles. The van der Waals surface area contributed by atoms with Crippen molar-refractivity contribution in [2.24, 2.45) is 7.05 Å². The maximum absolute atomic E-state index is 11.9. The molecular weight excluding hydrogens is 208 g/mol. The highest BCUT2D eigenvalue weighted by Gasteiger charge is 2.18. The van der Waals surface area contributed by atoms with Crippen molar-refractivity contribution in [2.45, 2.75) is 12.5 Å². The lowest BCUT2D eigenvalue weighted by molar-refractivity contribution is -0.00273. The van der Waals surface area contributed by atoms with Gasteiger partial charge in [0.15, 0.2) is 0 Å². The largest absolute Gasteiger partial charge is 0.385 e. The maximum atomic E-state index is 11.9. The van der Waals surface area contributed by atoms with Crippen LogP contribution in [0.5, 0.6) is 0 Å². The third-order valence-electron chi connectivity index (χ3n) is 1.71. The molecule has 1 unspecified atom stereocenters. The van der Waals surface area contributed by atoms with Crippen molar-refractivity contribution in [3.63, 3.8) is 0 Å². The molecule has 0 aliphatic heterocycles. The van der Waals surface area contributed by atoms with Gasteiger partial charge in [0.1, 0.15) is 11.8 Å². The fourth-order valence-electron chi connectivity index (χ4n) is 0.913. The molecule has 5 nitrogen and oxygen atoms in total. The Bertz CT molecular complexity index is 340. The summed E-state index contributed by atoms with van der Waals surface area (Å²) in [5, 5.41) is 14.7. The van der Waals surface area contributed by atoms with Crippen LogP contribution in [0.3, 0.4) is 0 Å². The van der Waals surface area contributed by atoms with Gasteiger partial charge in [-0.25, -0.2) is 8.78 Å². The van der Waals surface area contributed by atoms with Crippen molar-refractivity contribution in [1.82, 2.24) is 15.1 Å². The van der Waals surface area contributed by atoms with E-state index < -0.39 is 25.0 Å². The summed E-state index contributed by atoms with van der Waals surface area (Å²) in [6.45, 7) is -0.493. The van der Waals surface area contributed by atoms with E-state index in [1.165, 1.54) is 10.7 Å². The Balaban J connectivity index is 2.43. The standard InChI is InChI=1S/C8H11F2N3O2/c1-13-3-2-5(12-13)8(15)11-4-6(14)7(9)10/h2-3,6-7,14H,4H2,1H3,(H,11,15). The van der Waals surface area contributed by atoms with Gasteiger partial charge in [-0.3, -0.25) is 9.48 Å². The number of halogens is 2. The summed E-state index contributed by atoms with van der Waals surface area (Å²) in [7, 11) is 1.63. The van der Waals surface area contributed by atoms with E-state index >= 15 is 0 Å². The molecule has 2 N–H and O–H groups in total. The first-order valence-electron chi connectivity index (χ1n) is 4.24. The topological polar surface area (TPSA) is 67.2 Å². The fourth-order valence-corrected chi connectivity index (χ4v) is 0.913. The third kappa shape index (κ3) is 3.28. The number of nitrogens with one attached hydrogen (secondary N) is 1. The fraction of sp³-hybridized carbons (Fsp3) is 0.500. The molecule has 7 heteroatoms. The molecule has 0 aliphatic carbocycles. The number of aromatic nitrogens is 2. The van der Waals surface area contributed by atoms with Crippen LogP contribution in [0.25, 0.3) is 0 Å². The van der Waals surface area contributed by atoms with E-state index in [-0.39, 0.29) is 5.69 Å². The average Bonchev–Trinajstić information content (AvgIpc) is 2.60. The zero-order valence-corrected chi connectivity index (χ0v) is 8.02. The molecule has 1 heterocycles. The van der Waals surface area contributed by atoms with Crippen LogP contribution in [0, 0.1) is 0 Å². The predicted molar refractivity (Wildman–Crippen MR) is 47.6 cm³/mol. The van der Waals surface area contributed by atoms with Crippen LogP contribution in [0.15, 0.2) is 12.3 Å². The van der Waals surface area contributed by atoms with E-state index in [2.05, 4.69) is 10.4 Å². The summed E-state index contributed by atoms with van der Waals surface area (Å²) in [5.41, 5.74) is 0.124. The van der Waals surface area contributed by atoms with Gasteiger partial charge in [0, 0.05) is 19.8 Å². The first kappa shape index (κ1) is 11.6. The number of hydrogen-bond donors (Lipinski definition) is 2. The number of alkyl halides is 2. The van der Waals surface area contributed by atoms with Crippen LogP contribution >= 0.6 is 0 Å². The third-order valence-corrected chi connectivity index (χ3v) is 1.71. The Morgan fingerprint density at radius 1 is 1.73 bits per heavy atom. The van der Waals surface area contributed by atoms with Crippen molar-refractivity contribution in [2.75, 3.05) is 6.54 Å². The Labute approximate surface area is 84.7 Å². The molecule has 0 bridgehead atoms. The monoisotopic (exact) mass is 219 g/mol. The molecule has 0 radical (unpaired) electrons. The van der Waals surface area contributed by atoms with Crippen molar-refractivity contribution in [3.05, 3.63) is 18.0 Å². The van der Waals surface area contributed by atoms with Gasteiger partial charge in [-0.1, -0.05) is 0 Å². The molecule has 1 amide bonds. The van der Waals surface area contributed by atoms with Crippen molar-refractivity contribution in [1.29, 1.82) is 0 Å². The van der Waals surface area contributed by atoms with Gasteiger partial charge in [0.05, 0.1) is 0 Å². The van der Waals surface area contributed by atoms with Gasteiger partial charge >= 0.3 is 0 Å². The maximum Gasteiger partial charge on any atom is 0.271 e. The highest BCUT2D eigenvalue weighted by molar-refractivity contribution is 5.92. The Kier molecular flexibility index (Phi) is 3.73. The molecule has 1 aromatic rings. The Hall–Kier alpha value is -1.50. The molecule has 1 rings (SSSR count). The molecule has 1 aromatic heterocycles. The second-order valence-corrected chi connectivity index (χ2v) is 2.99. The zero-order valence-electron chi connectivity index (χ0n) is 8.02. The predicted octanol–water partition coefficient (Wildman–Crippen LogP) is -0.224. The first-order chi connectivity index (χ1) is 7.00. The lowest BCUT2D eigenvalue weighted by Gasteiger charge is -2.09. The lowest BCUT2D eigenvalue weighted by atomic mass is 10.3. The molecule has 0 aliphatic rings. The van der Waals surface area contributed by atoms with Gasteiger partial charge in [0.2, 0.25) is 0 Å². The summed E-state index contributed by atoms with van der Waals surface area (Å²) < 4.78 is 25.1. The smallest absolute Gasteiger partial charge is 0.271 e. The number of nitrogens with zero attached hydrogens (tertiary/aromatic N) is 2. The second kappa shape index (κ2) is 4.83. The van der Waals surface area contributed by atoms with E-state index in [1.807, 2.05) is 0 Å². The van der Waals surface area contributed by atoms with Gasteiger partial charge in [-0.2, -0.15) is 5.10 Å². The summed E-state index contributed by atoms with van der Waals surface area (Å²) in [6.07, 6.45) is -3.16. The first-order valence-corrected chi connectivity index (χ1v) is 4.24. The van der Waals surface area contributed by atoms with Crippen LogP contribution in [0.2, 0.25) is 0 Å². The van der Waals surface area contributed by atoms with Crippen LogP contribution in [-0.2, 0) is 7.05 Å². The minimum atomic E-state index is -2.87. The van der Waals surface area contributed by atoms with Gasteiger partial charge in [-0.15, -0.1) is 0 Å². The van der Waals surface area contributed by atoms with Crippen molar-refractivity contribution in [3.8, 4) is 0 Å². The second-order valence-electron chi connectivity index (χ2n) is 2.99. The van der Waals surface area contributed by atoms with Crippen molar-refractivity contribution >= 4 is 5.91 Å². The van der Waals surface area contributed by atoms with Crippen molar-refractivity contribution < 1.29 is 18.7 Å². The van der Waals surface area contributed by atoms with E-state index in [0.717, 1.165) is 0 Å². The Morgan fingerprint density at radius 3 is 2.87 bits per heavy atom. The van der Waals surface area contributed by atoms with E-state index in [4.69, 9.17) is 5.11 Å². The minimum Gasteiger partial charge on any atom is -0.385 e. The number of carbonyl (C=O) groups excluding carboxylic acids is 1. The number of aliphatic hydroxyl groups is 1. The molecule has 84 valence electrons. The number of carbonyl (C=O) groups is 1. The van der Waals surface area contributed by atoms with Gasteiger partial charge < -0.3 is 10.4 Å². The summed E-state index contributed by atoms with van der Waals surface area (Å²) in [4.78, 5) is 11.2. The van der Waals surface area contributed by atoms with Crippen LogP contribution < -0.4 is 5.32 Å². The molecule has 0 saturated heterocycles. The molecule has 1 atom stereocenters. The van der Waals surface area contributed by atoms with E-state index in [9.17, 15) is 13.6 Å². The lowest BCUT2D eigenvalue weighted by Crippen LogP contribution is -2.36. The summed E-state index contributed by atoms with van der Waals surface area (Å²) in [6, 6.07) is 1.45. The molecule has 15 heavy (non-hydrogen) atoms. The molecule has 0 saturated carbocycles. The number of aliphatic hydroxyl groups excluding tert-OH is 1. The highest BCUT2D eigenvalue weighted by atomic mass is 19.3. The normalized spacial score (nSPS) is 12.9. The van der Waals surface area contributed by atoms with E-state index in [0.29, 0.717) is 0 Å². The van der Waals surface area contributed by atoms with Crippen LogP contribution in [-0.4, -0.2) is 39.9 Å².